The van der Waals surface area contributed by atoms with E-state index in [0.29, 0.717) is 33.6 Å². The summed E-state index contributed by atoms with van der Waals surface area (Å²) in [5.74, 6) is -1.41. The summed E-state index contributed by atoms with van der Waals surface area (Å²) in [6, 6.07) is 24.7. The number of nitrogens with one attached hydrogen (secondary N) is 1. The second kappa shape index (κ2) is 10.9. The van der Waals surface area contributed by atoms with Crippen molar-refractivity contribution in [2.24, 2.45) is 0 Å². The molecule has 1 amide bonds. The number of benzene rings is 3. The normalized spacial score (nSPS) is 11.6. The largest absolute Gasteiger partial charge is 0.452 e. The van der Waals surface area contributed by atoms with Crippen molar-refractivity contribution in [3.8, 4) is 11.3 Å². The zero-order valence-corrected chi connectivity index (χ0v) is 19.8. The highest BCUT2D eigenvalue weighted by atomic mass is 35.5. The fourth-order valence-electron chi connectivity index (χ4n) is 3.74. The predicted octanol–water partition coefficient (Wildman–Crippen LogP) is 5.03. The van der Waals surface area contributed by atoms with Crippen molar-refractivity contribution in [2.75, 3.05) is 6.61 Å². The maximum Gasteiger partial charge on any atom is 0.339 e. The van der Waals surface area contributed by atoms with Gasteiger partial charge in [0, 0.05) is 16.0 Å². The third-order valence-corrected chi connectivity index (χ3v) is 5.86. The average Bonchev–Trinajstić information content (AvgIpc) is 2.87. The third-order valence-electron chi connectivity index (χ3n) is 5.53. The van der Waals surface area contributed by atoms with E-state index in [1.165, 1.54) is 6.92 Å². The lowest BCUT2D eigenvalue weighted by atomic mass is 10.0. The first kappa shape index (κ1) is 24.1. The van der Waals surface area contributed by atoms with Crippen molar-refractivity contribution >= 4 is 40.2 Å². The van der Waals surface area contributed by atoms with E-state index in [0.717, 1.165) is 5.56 Å². The van der Waals surface area contributed by atoms with E-state index in [2.05, 4.69) is 10.3 Å². The van der Waals surface area contributed by atoms with Crippen LogP contribution in [0.15, 0.2) is 84.9 Å². The van der Waals surface area contributed by atoms with Gasteiger partial charge < -0.3 is 10.1 Å². The van der Waals surface area contributed by atoms with E-state index >= 15 is 0 Å². The summed E-state index contributed by atoms with van der Waals surface area (Å²) in [7, 11) is 0. The zero-order valence-electron chi connectivity index (χ0n) is 19.0. The molecular weight excluding hydrogens is 464 g/mol. The highest BCUT2D eigenvalue weighted by molar-refractivity contribution is 6.33. The molecule has 4 rings (SSSR count). The number of fused-ring (bicyclic) bond motifs is 1. The van der Waals surface area contributed by atoms with Crippen LogP contribution in [0.3, 0.4) is 0 Å². The van der Waals surface area contributed by atoms with E-state index < -0.39 is 24.5 Å². The van der Waals surface area contributed by atoms with Gasteiger partial charge in [0.1, 0.15) is 0 Å². The molecular formula is C28H23ClN2O4. The number of esters is 1. The molecule has 0 spiro atoms. The molecule has 0 aliphatic carbocycles. The Labute approximate surface area is 207 Å². The van der Waals surface area contributed by atoms with Crippen LogP contribution in [0, 0.1) is 0 Å². The van der Waals surface area contributed by atoms with Crippen LogP contribution in [0.2, 0.25) is 5.02 Å². The molecule has 35 heavy (non-hydrogen) atoms. The number of ketones is 1. The van der Waals surface area contributed by atoms with E-state index in [1.54, 1.807) is 30.3 Å². The van der Waals surface area contributed by atoms with Gasteiger partial charge in [0.05, 0.1) is 22.8 Å². The molecule has 3 aromatic carbocycles. The number of pyridine rings is 1. The number of halogens is 1. The summed E-state index contributed by atoms with van der Waals surface area (Å²) < 4.78 is 5.33. The molecule has 0 radical (unpaired) electrons. The molecule has 0 aliphatic rings. The molecule has 1 atom stereocenters. The lowest BCUT2D eigenvalue weighted by molar-refractivity contribution is -0.128. The number of amides is 1. The van der Waals surface area contributed by atoms with Gasteiger partial charge in [0.2, 0.25) is 0 Å². The van der Waals surface area contributed by atoms with Crippen molar-refractivity contribution in [3.63, 3.8) is 0 Å². The van der Waals surface area contributed by atoms with Gasteiger partial charge in [-0.15, -0.1) is 0 Å². The quantitative estimate of drug-likeness (QED) is 0.353. The summed E-state index contributed by atoms with van der Waals surface area (Å²) >= 11 is 6.34. The Balaban J connectivity index is 1.51. The second-order valence-electron chi connectivity index (χ2n) is 8.05. The van der Waals surface area contributed by atoms with Gasteiger partial charge in [-0.05, 0) is 37.1 Å². The minimum absolute atomic E-state index is 0.182. The lowest BCUT2D eigenvalue weighted by Gasteiger charge is -2.16. The average molecular weight is 487 g/mol. The Morgan fingerprint density at radius 1 is 0.943 bits per heavy atom. The standard InChI is InChI=1S/C28H23ClN2O4/c1-18(32)25(15-19-9-3-2-4-10-19)31-27(33)17-35-28(34)22-16-26(21-12-5-7-13-23(21)29)30-24-14-8-6-11-20(22)24/h2-14,16,25H,15,17H2,1H3,(H,31,33)/t25-/m1/s1. The number of carbonyl (C=O) groups is 3. The molecule has 1 N–H and O–H groups in total. The van der Waals surface area contributed by atoms with Crippen molar-refractivity contribution in [2.45, 2.75) is 19.4 Å². The van der Waals surface area contributed by atoms with Crippen LogP contribution in [-0.4, -0.2) is 35.3 Å². The molecule has 4 aromatic rings. The van der Waals surface area contributed by atoms with Crippen molar-refractivity contribution in [1.82, 2.24) is 10.3 Å². The molecule has 0 aliphatic heterocycles. The fraction of sp³-hybridized carbons (Fsp3) is 0.143. The molecule has 0 saturated carbocycles. The third kappa shape index (κ3) is 5.91. The van der Waals surface area contributed by atoms with Crippen LogP contribution >= 0.6 is 11.6 Å². The SMILES string of the molecule is CC(=O)[C@@H](Cc1ccccc1)NC(=O)COC(=O)c1cc(-c2ccccc2Cl)nc2ccccc12. The first-order chi connectivity index (χ1) is 16.9. The van der Waals surface area contributed by atoms with Crippen LogP contribution in [0.5, 0.6) is 0 Å². The maximum atomic E-state index is 13.0. The Hall–Kier alpha value is -4.03. The number of ether oxygens (including phenoxy) is 1. The minimum Gasteiger partial charge on any atom is -0.452 e. The topological polar surface area (TPSA) is 85.4 Å². The molecule has 6 nitrogen and oxygen atoms in total. The van der Waals surface area contributed by atoms with Gasteiger partial charge in [-0.1, -0.05) is 78.3 Å². The highest BCUT2D eigenvalue weighted by Crippen LogP contribution is 2.30. The Morgan fingerprint density at radius 3 is 2.37 bits per heavy atom. The Morgan fingerprint density at radius 2 is 1.63 bits per heavy atom. The first-order valence-electron chi connectivity index (χ1n) is 11.1. The number of nitrogens with zero attached hydrogens (tertiary/aromatic N) is 1. The molecule has 0 bridgehead atoms. The molecule has 1 heterocycles. The van der Waals surface area contributed by atoms with Crippen LogP contribution in [-0.2, 0) is 20.7 Å². The van der Waals surface area contributed by atoms with E-state index in [-0.39, 0.29) is 11.3 Å². The number of hydrogen-bond acceptors (Lipinski definition) is 5. The van der Waals surface area contributed by atoms with E-state index in [4.69, 9.17) is 16.3 Å². The van der Waals surface area contributed by atoms with Gasteiger partial charge in [0.25, 0.3) is 5.91 Å². The Kier molecular flexibility index (Phi) is 7.53. The maximum absolute atomic E-state index is 13.0. The number of hydrogen-bond donors (Lipinski definition) is 1. The monoisotopic (exact) mass is 486 g/mol. The van der Waals surface area contributed by atoms with Crippen LogP contribution < -0.4 is 5.32 Å². The van der Waals surface area contributed by atoms with Crippen molar-refractivity contribution in [3.05, 3.63) is 101 Å². The molecule has 0 unspecified atom stereocenters. The lowest BCUT2D eigenvalue weighted by Crippen LogP contribution is -2.43. The van der Waals surface area contributed by atoms with Gasteiger partial charge in [-0.3, -0.25) is 9.59 Å². The molecule has 0 fully saturated rings. The minimum atomic E-state index is -0.711. The fourth-order valence-corrected chi connectivity index (χ4v) is 3.97. The van der Waals surface area contributed by atoms with E-state index in [9.17, 15) is 14.4 Å². The van der Waals surface area contributed by atoms with Crippen molar-refractivity contribution < 1.29 is 19.1 Å². The predicted molar refractivity (Wildman–Crippen MR) is 135 cm³/mol. The second-order valence-corrected chi connectivity index (χ2v) is 8.46. The van der Waals surface area contributed by atoms with Gasteiger partial charge >= 0.3 is 5.97 Å². The van der Waals surface area contributed by atoms with Crippen LogP contribution in [0.1, 0.15) is 22.8 Å². The Bertz CT molecular complexity index is 1390. The van der Waals surface area contributed by atoms with Crippen LogP contribution in [0.4, 0.5) is 0 Å². The number of carbonyl (C=O) groups excluding carboxylic acids is 3. The number of Topliss-reactive ketones (excluding diaryl/α,β-unsaturated/α-hetero) is 1. The highest BCUT2D eigenvalue weighted by Gasteiger charge is 2.20. The number of rotatable bonds is 8. The summed E-state index contributed by atoms with van der Waals surface area (Å²) in [6.45, 7) is 0.898. The number of aromatic nitrogens is 1. The van der Waals surface area contributed by atoms with Gasteiger partial charge in [0.15, 0.2) is 12.4 Å². The smallest absolute Gasteiger partial charge is 0.339 e. The summed E-state index contributed by atoms with van der Waals surface area (Å²) in [5, 5.41) is 3.76. The van der Waals surface area contributed by atoms with Gasteiger partial charge in [-0.25, -0.2) is 9.78 Å². The number of para-hydroxylation sites is 1. The summed E-state index contributed by atoms with van der Waals surface area (Å²) in [5.41, 5.74) is 2.98. The van der Waals surface area contributed by atoms with Crippen molar-refractivity contribution in [1.29, 1.82) is 0 Å². The molecule has 176 valence electrons. The molecule has 1 aromatic heterocycles. The molecule has 0 saturated heterocycles. The van der Waals surface area contributed by atoms with Crippen LogP contribution in [0.25, 0.3) is 22.2 Å². The van der Waals surface area contributed by atoms with E-state index in [1.807, 2.05) is 54.6 Å². The summed E-state index contributed by atoms with van der Waals surface area (Å²) in [6.07, 6.45) is 0.353. The van der Waals surface area contributed by atoms with Gasteiger partial charge in [-0.2, -0.15) is 0 Å². The molecule has 7 heteroatoms. The first-order valence-corrected chi connectivity index (χ1v) is 11.5. The zero-order chi connectivity index (χ0) is 24.8. The summed E-state index contributed by atoms with van der Waals surface area (Å²) in [4.78, 5) is 42.2.